The van der Waals surface area contributed by atoms with Gasteiger partial charge in [0.25, 0.3) is 5.91 Å². The van der Waals surface area contributed by atoms with E-state index < -0.39 is 0 Å². The van der Waals surface area contributed by atoms with E-state index in [0.29, 0.717) is 17.1 Å². The topological polar surface area (TPSA) is 92.9 Å². The summed E-state index contributed by atoms with van der Waals surface area (Å²) in [6.45, 7) is 1.65. The summed E-state index contributed by atoms with van der Waals surface area (Å²) in [4.78, 5) is 15.8. The van der Waals surface area contributed by atoms with Gasteiger partial charge in [-0.05, 0) is 6.07 Å². The Kier molecular flexibility index (Phi) is 2.99. The number of anilines is 2. The highest BCUT2D eigenvalue weighted by Gasteiger charge is 2.13. The molecule has 2 rings (SSSR count). The molecule has 0 radical (unpaired) electrons. The van der Waals surface area contributed by atoms with Crippen molar-refractivity contribution >= 4 is 17.6 Å². The van der Waals surface area contributed by atoms with E-state index in [9.17, 15) is 4.79 Å². The van der Waals surface area contributed by atoms with Crippen molar-refractivity contribution in [2.24, 2.45) is 0 Å². The van der Waals surface area contributed by atoms with E-state index in [2.05, 4.69) is 25.8 Å². The lowest BCUT2D eigenvalue weighted by molar-refractivity contribution is 0.102. The second kappa shape index (κ2) is 4.60. The molecule has 0 spiro atoms. The molecule has 0 aliphatic rings. The van der Waals surface area contributed by atoms with Gasteiger partial charge in [-0.1, -0.05) is 5.10 Å². The molecule has 7 heteroatoms. The smallest absolute Gasteiger partial charge is 0.322 e. The molecule has 17 heavy (non-hydrogen) atoms. The molecule has 2 N–H and O–H groups in total. The minimum atomic E-state index is -0.333. The van der Waals surface area contributed by atoms with Crippen LogP contribution < -0.4 is 10.6 Å². The number of aromatic nitrogens is 3. The van der Waals surface area contributed by atoms with Gasteiger partial charge >= 0.3 is 6.01 Å². The van der Waals surface area contributed by atoms with Crippen LogP contribution in [0.2, 0.25) is 0 Å². The zero-order valence-corrected chi connectivity index (χ0v) is 9.39. The Balaban J connectivity index is 2.20. The van der Waals surface area contributed by atoms with Gasteiger partial charge in [0.1, 0.15) is 0 Å². The molecule has 0 aromatic carbocycles. The van der Waals surface area contributed by atoms with Crippen molar-refractivity contribution in [2.45, 2.75) is 6.92 Å². The largest absolute Gasteiger partial charge is 0.408 e. The number of hydrogen-bond acceptors (Lipinski definition) is 6. The lowest BCUT2D eigenvalue weighted by atomic mass is 10.2. The van der Waals surface area contributed by atoms with Crippen LogP contribution in [0.3, 0.4) is 0 Å². The monoisotopic (exact) mass is 233 g/mol. The highest BCUT2D eigenvalue weighted by atomic mass is 16.4. The molecular weight excluding hydrogens is 222 g/mol. The zero-order valence-electron chi connectivity index (χ0n) is 9.39. The molecule has 2 heterocycles. The van der Waals surface area contributed by atoms with Crippen LogP contribution in [0.4, 0.5) is 11.7 Å². The summed E-state index contributed by atoms with van der Waals surface area (Å²) < 4.78 is 5.06. The molecule has 2 aromatic rings. The third-order valence-corrected chi connectivity index (χ3v) is 2.08. The van der Waals surface area contributed by atoms with Gasteiger partial charge in [-0.3, -0.25) is 15.1 Å². The molecular formula is C10H11N5O2. The molecule has 1 amide bonds. The fraction of sp³-hybridized carbons (Fsp3) is 0.200. The summed E-state index contributed by atoms with van der Waals surface area (Å²) in [5, 5.41) is 12.7. The average Bonchev–Trinajstić information content (AvgIpc) is 2.74. The number of aryl methyl sites for hydroxylation is 1. The van der Waals surface area contributed by atoms with Crippen LogP contribution in [-0.4, -0.2) is 28.1 Å². The molecule has 0 bridgehead atoms. The first-order chi connectivity index (χ1) is 8.20. The Hall–Kier alpha value is -2.44. The van der Waals surface area contributed by atoms with Crippen LogP contribution in [0.15, 0.2) is 22.9 Å². The highest BCUT2D eigenvalue weighted by molar-refractivity contribution is 6.06. The predicted octanol–water partition coefficient (Wildman–Crippen LogP) is 1.07. The molecule has 0 aliphatic heterocycles. The van der Waals surface area contributed by atoms with Crippen molar-refractivity contribution in [1.82, 2.24) is 15.2 Å². The van der Waals surface area contributed by atoms with E-state index >= 15 is 0 Å². The van der Waals surface area contributed by atoms with Crippen molar-refractivity contribution < 1.29 is 9.21 Å². The molecule has 0 atom stereocenters. The Bertz CT molecular complexity index is 537. The SMILES string of the molecule is CNc1cnccc1C(=O)Nc1nnc(C)o1. The van der Waals surface area contributed by atoms with Gasteiger partial charge in [0.05, 0.1) is 17.4 Å². The first-order valence-corrected chi connectivity index (χ1v) is 4.94. The second-order valence-corrected chi connectivity index (χ2v) is 3.25. The molecule has 0 saturated carbocycles. The number of amides is 1. The van der Waals surface area contributed by atoms with E-state index in [1.807, 2.05) is 0 Å². The molecule has 0 aliphatic carbocycles. The Morgan fingerprint density at radius 2 is 2.24 bits per heavy atom. The molecule has 0 unspecified atom stereocenters. The number of carbonyl (C=O) groups is 1. The van der Waals surface area contributed by atoms with Gasteiger partial charge in [-0.15, -0.1) is 5.10 Å². The molecule has 0 saturated heterocycles. The molecule has 2 aromatic heterocycles. The van der Waals surface area contributed by atoms with E-state index in [-0.39, 0.29) is 11.9 Å². The van der Waals surface area contributed by atoms with Crippen molar-refractivity contribution in [1.29, 1.82) is 0 Å². The maximum absolute atomic E-state index is 11.9. The zero-order chi connectivity index (χ0) is 12.3. The molecule has 88 valence electrons. The first-order valence-electron chi connectivity index (χ1n) is 4.94. The Labute approximate surface area is 97.3 Å². The molecule has 0 fully saturated rings. The Morgan fingerprint density at radius 1 is 1.41 bits per heavy atom. The third kappa shape index (κ3) is 2.39. The summed E-state index contributed by atoms with van der Waals surface area (Å²) in [6, 6.07) is 1.68. The van der Waals surface area contributed by atoms with Gasteiger partial charge in [-0.2, -0.15) is 0 Å². The second-order valence-electron chi connectivity index (χ2n) is 3.25. The van der Waals surface area contributed by atoms with Crippen LogP contribution in [0, 0.1) is 6.92 Å². The number of hydrogen-bond donors (Lipinski definition) is 2. The highest BCUT2D eigenvalue weighted by Crippen LogP contribution is 2.14. The van der Waals surface area contributed by atoms with Gasteiger partial charge in [0.2, 0.25) is 5.89 Å². The Morgan fingerprint density at radius 3 is 2.88 bits per heavy atom. The maximum atomic E-state index is 11.9. The van der Waals surface area contributed by atoms with Gasteiger partial charge in [0.15, 0.2) is 0 Å². The fourth-order valence-corrected chi connectivity index (χ4v) is 1.30. The predicted molar refractivity (Wildman–Crippen MR) is 60.8 cm³/mol. The van der Waals surface area contributed by atoms with Crippen molar-refractivity contribution in [2.75, 3.05) is 17.7 Å². The van der Waals surface area contributed by atoms with Gasteiger partial charge in [-0.25, -0.2) is 0 Å². The molecule has 7 nitrogen and oxygen atoms in total. The fourth-order valence-electron chi connectivity index (χ4n) is 1.30. The van der Waals surface area contributed by atoms with Crippen LogP contribution in [-0.2, 0) is 0 Å². The lowest BCUT2D eigenvalue weighted by Gasteiger charge is -2.06. The van der Waals surface area contributed by atoms with Crippen LogP contribution in [0.25, 0.3) is 0 Å². The number of rotatable bonds is 3. The number of nitrogens with one attached hydrogen (secondary N) is 2. The standard InChI is InChI=1S/C10H11N5O2/c1-6-14-15-10(17-6)13-9(16)7-3-4-12-5-8(7)11-2/h3-5,11H,1-2H3,(H,13,15,16). The number of nitrogens with zero attached hydrogens (tertiary/aromatic N) is 3. The summed E-state index contributed by atoms with van der Waals surface area (Å²) in [6.07, 6.45) is 3.10. The van der Waals surface area contributed by atoms with E-state index in [1.54, 1.807) is 26.2 Å². The summed E-state index contributed by atoms with van der Waals surface area (Å²) >= 11 is 0. The van der Waals surface area contributed by atoms with Crippen molar-refractivity contribution in [3.63, 3.8) is 0 Å². The van der Waals surface area contributed by atoms with E-state index in [0.717, 1.165) is 0 Å². The first kappa shape index (κ1) is 11.1. The minimum absolute atomic E-state index is 0.0753. The number of carbonyl (C=O) groups excluding carboxylic acids is 1. The van der Waals surface area contributed by atoms with Crippen molar-refractivity contribution in [3.05, 3.63) is 29.9 Å². The third-order valence-electron chi connectivity index (χ3n) is 2.08. The summed E-state index contributed by atoms with van der Waals surface area (Å²) in [5.41, 5.74) is 1.08. The lowest BCUT2D eigenvalue weighted by Crippen LogP contribution is -2.14. The summed E-state index contributed by atoms with van der Waals surface area (Å²) in [7, 11) is 1.71. The van der Waals surface area contributed by atoms with E-state index in [4.69, 9.17) is 4.42 Å². The van der Waals surface area contributed by atoms with Crippen LogP contribution >= 0.6 is 0 Å². The quantitative estimate of drug-likeness (QED) is 0.823. The minimum Gasteiger partial charge on any atom is -0.408 e. The number of pyridine rings is 1. The summed E-state index contributed by atoms with van der Waals surface area (Å²) in [5.74, 6) is 0.0595. The van der Waals surface area contributed by atoms with Gasteiger partial charge < -0.3 is 9.73 Å². The van der Waals surface area contributed by atoms with Crippen molar-refractivity contribution in [3.8, 4) is 0 Å². The van der Waals surface area contributed by atoms with Crippen LogP contribution in [0.5, 0.6) is 0 Å². The maximum Gasteiger partial charge on any atom is 0.322 e. The van der Waals surface area contributed by atoms with Crippen LogP contribution in [0.1, 0.15) is 16.2 Å². The normalized spacial score (nSPS) is 10.0. The van der Waals surface area contributed by atoms with E-state index in [1.165, 1.54) is 6.20 Å². The average molecular weight is 233 g/mol. The van der Waals surface area contributed by atoms with Gasteiger partial charge in [0, 0.05) is 20.2 Å².